The lowest BCUT2D eigenvalue weighted by atomic mass is 9.83. The lowest BCUT2D eigenvalue weighted by molar-refractivity contribution is 0.0373. The number of methoxy groups -OCH3 is 1. The van der Waals surface area contributed by atoms with E-state index in [4.69, 9.17) is 26.2 Å². The number of nitrogens with zero attached hydrogens (tertiary/aromatic N) is 1. The van der Waals surface area contributed by atoms with Crippen molar-refractivity contribution in [3.05, 3.63) is 87.4 Å². The molecule has 0 saturated heterocycles. The van der Waals surface area contributed by atoms with Gasteiger partial charge in [0.15, 0.2) is 5.84 Å². The maximum absolute atomic E-state index is 6.47. The molecule has 1 N–H and O–H groups in total. The van der Waals surface area contributed by atoms with Gasteiger partial charge in [-0.3, -0.25) is 0 Å². The molecular formula is C27H29ClN2O2. The summed E-state index contributed by atoms with van der Waals surface area (Å²) < 4.78 is 5.95. The molecule has 3 aromatic rings. The Morgan fingerprint density at radius 1 is 0.938 bits per heavy atom. The van der Waals surface area contributed by atoms with Gasteiger partial charge in [-0.25, -0.2) is 15.3 Å². The molecule has 1 unspecified atom stereocenters. The Morgan fingerprint density at radius 3 is 2.28 bits per heavy atom. The number of aryl methyl sites for hydroxylation is 2. The first kappa shape index (κ1) is 22.4. The summed E-state index contributed by atoms with van der Waals surface area (Å²) in [6.45, 7) is 10.7. The van der Waals surface area contributed by atoms with Gasteiger partial charge in [-0.1, -0.05) is 68.8 Å². The minimum absolute atomic E-state index is 0.0583. The normalized spacial score (nSPS) is 16.0. The Balaban J connectivity index is 1.91. The van der Waals surface area contributed by atoms with Crippen molar-refractivity contribution in [3.8, 4) is 16.9 Å². The van der Waals surface area contributed by atoms with Crippen molar-refractivity contribution in [1.29, 1.82) is 0 Å². The third kappa shape index (κ3) is 4.13. The Labute approximate surface area is 195 Å². The molecule has 1 atom stereocenters. The van der Waals surface area contributed by atoms with Crippen molar-refractivity contribution in [2.45, 2.75) is 46.3 Å². The average molecular weight is 449 g/mol. The van der Waals surface area contributed by atoms with Crippen LogP contribution in [0.1, 0.15) is 54.8 Å². The van der Waals surface area contributed by atoms with Crippen LogP contribution in [0.15, 0.2) is 59.6 Å². The maximum Gasteiger partial charge on any atom is 0.204 e. The second-order valence-electron chi connectivity index (χ2n) is 9.19. The molecule has 4 nitrogen and oxygen atoms in total. The van der Waals surface area contributed by atoms with Gasteiger partial charge in [-0.15, -0.1) is 0 Å². The van der Waals surface area contributed by atoms with Crippen molar-refractivity contribution in [1.82, 2.24) is 5.48 Å². The van der Waals surface area contributed by atoms with Crippen molar-refractivity contribution in [2.24, 2.45) is 4.99 Å². The van der Waals surface area contributed by atoms with E-state index in [1.165, 1.54) is 11.1 Å². The molecule has 4 rings (SSSR count). The fourth-order valence-electron chi connectivity index (χ4n) is 4.02. The van der Waals surface area contributed by atoms with Crippen LogP contribution in [-0.4, -0.2) is 12.9 Å². The lowest BCUT2D eigenvalue weighted by Gasteiger charge is -2.24. The van der Waals surface area contributed by atoms with Crippen LogP contribution in [0.5, 0.6) is 5.75 Å². The van der Waals surface area contributed by atoms with Gasteiger partial charge >= 0.3 is 0 Å². The van der Waals surface area contributed by atoms with Gasteiger partial charge in [0.2, 0.25) is 6.23 Å². The molecule has 32 heavy (non-hydrogen) atoms. The van der Waals surface area contributed by atoms with E-state index in [1.807, 2.05) is 31.2 Å². The van der Waals surface area contributed by atoms with Crippen LogP contribution in [0.4, 0.5) is 0 Å². The van der Waals surface area contributed by atoms with Gasteiger partial charge < -0.3 is 4.74 Å². The number of amidine groups is 1. The summed E-state index contributed by atoms with van der Waals surface area (Å²) in [5.41, 5.74) is 10.3. The van der Waals surface area contributed by atoms with E-state index in [9.17, 15) is 0 Å². The smallest absolute Gasteiger partial charge is 0.204 e. The van der Waals surface area contributed by atoms with Gasteiger partial charge in [0, 0.05) is 16.1 Å². The summed E-state index contributed by atoms with van der Waals surface area (Å²) in [6, 6.07) is 18.5. The minimum atomic E-state index is -0.524. The van der Waals surface area contributed by atoms with Crippen molar-refractivity contribution in [2.75, 3.05) is 7.11 Å². The Hall–Kier alpha value is -2.82. The number of benzene rings is 3. The van der Waals surface area contributed by atoms with Gasteiger partial charge in [-0.2, -0.15) is 0 Å². The average Bonchev–Trinajstić information content (AvgIpc) is 3.22. The zero-order chi connectivity index (χ0) is 23.0. The summed E-state index contributed by atoms with van der Waals surface area (Å²) in [7, 11) is 1.70. The highest BCUT2D eigenvalue weighted by Gasteiger charge is 2.29. The molecule has 3 aromatic carbocycles. The fraction of sp³-hybridized carbons (Fsp3) is 0.296. The second kappa shape index (κ2) is 8.61. The molecule has 0 radical (unpaired) electrons. The van der Waals surface area contributed by atoms with Crippen molar-refractivity contribution >= 4 is 17.4 Å². The predicted octanol–water partition coefficient (Wildman–Crippen LogP) is 6.91. The molecule has 1 aliphatic rings. The second-order valence-corrected chi connectivity index (χ2v) is 9.60. The molecule has 0 aromatic heterocycles. The van der Waals surface area contributed by atoms with Crippen LogP contribution in [-0.2, 0) is 10.3 Å². The Morgan fingerprint density at radius 2 is 1.62 bits per heavy atom. The van der Waals surface area contributed by atoms with Crippen LogP contribution in [0, 0.1) is 13.8 Å². The first-order valence-corrected chi connectivity index (χ1v) is 11.1. The van der Waals surface area contributed by atoms with E-state index in [-0.39, 0.29) is 5.41 Å². The largest absolute Gasteiger partial charge is 0.495 e. The summed E-state index contributed by atoms with van der Waals surface area (Å²) >= 11 is 6.47. The molecule has 5 heteroatoms. The molecule has 166 valence electrons. The number of halogens is 1. The number of nitrogens with one attached hydrogen (secondary N) is 1. The third-order valence-corrected chi connectivity index (χ3v) is 6.21. The van der Waals surface area contributed by atoms with Crippen LogP contribution < -0.4 is 10.2 Å². The van der Waals surface area contributed by atoms with Crippen molar-refractivity contribution < 1.29 is 9.57 Å². The van der Waals surface area contributed by atoms with Crippen LogP contribution in [0.3, 0.4) is 0 Å². The quantitative estimate of drug-likeness (QED) is 0.471. The molecule has 0 spiro atoms. The van der Waals surface area contributed by atoms with Crippen LogP contribution in [0.2, 0.25) is 5.02 Å². The van der Waals surface area contributed by atoms with Crippen molar-refractivity contribution in [3.63, 3.8) is 0 Å². The van der Waals surface area contributed by atoms with E-state index in [2.05, 4.69) is 63.5 Å². The standard InChI is InChI=1S/C27H29ClN2O2/c1-16-10-7-8-12-19(16)20-14-18(27(3,4)5)15-21(24(20)31-6)25-29-26(32-30-25)23-17(2)11-9-13-22(23)28/h7-15,26H,1-6H3,(H,29,30). The first-order valence-electron chi connectivity index (χ1n) is 10.7. The van der Waals surface area contributed by atoms with Crippen LogP contribution >= 0.6 is 11.6 Å². The molecular weight excluding hydrogens is 420 g/mol. The van der Waals surface area contributed by atoms with E-state index >= 15 is 0 Å². The molecule has 0 saturated carbocycles. The molecule has 0 fully saturated rings. The van der Waals surface area contributed by atoms with Gasteiger partial charge in [0.1, 0.15) is 5.75 Å². The number of hydrogen-bond acceptors (Lipinski definition) is 4. The van der Waals surface area contributed by atoms with Gasteiger partial charge in [0.05, 0.1) is 12.7 Å². The zero-order valence-electron chi connectivity index (χ0n) is 19.4. The van der Waals surface area contributed by atoms with E-state index in [1.54, 1.807) is 7.11 Å². The summed E-state index contributed by atoms with van der Waals surface area (Å²) in [6.07, 6.45) is -0.524. The number of aliphatic imine (C=N–C) groups is 1. The monoisotopic (exact) mass is 448 g/mol. The SMILES string of the molecule is COc1c(C2=NC(c3c(C)cccc3Cl)ON2)cc(C(C)(C)C)cc1-c1ccccc1C. The third-order valence-electron chi connectivity index (χ3n) is 5.88. The summed E-state index contributed by atoms with van der Waals surface area (Å²) in [5.74, 6) is 1.39. The maximum atomic E-state index is 6.47. The lowest BCUT2D eigenvalue weighted by Crippen LogP contribution is -2.21. The fourth-order valence-corrected chi connectivity index (χ4v) is 4.34. The van der Waals surface area contributed by atoms with Gasteiger partial charge in [0.25, 0.3) is 0 Å². The van der Waals surface area contributed by atoms with E-state index in [0.717, 1.165) is 33.6 Å². The summed E-state index contributed by atoms with van der Waals surface area (Å²) in [4.78, 5) is 10.7. The minimum Gasteiger partial charge on any atom is -0.495 e. The zero-order valence-corrected chi connectivity index (χ0v) is 20.2. The molecule has 0 amide bonds. The Kier molecular flexibility index (Phi) is 6.02. The van der Waals surface area contributed by atoms with E-state index in [0.29, 0.717) is 10.9 Å². The number of ether oxygens (including phenoxy) is 1. The highest BCUT2D eigenvalue weighted by atomic mass is 35.5. The number of rotatable bonds is 4. The highest BCUT2D eigenvalue weighted by molar-refractivity contribution is 6.31. The Bertz CT molecular complexity index is 1170. The summed E-state index contributed by atoms with van der Waals surface area (Å²) in [5, 5.41) is 0.637. The molecule has 1 aliphatic heterocycles. The number of hydroxylamine groups is 1. The molecule has 0 bridgehead atoms. The highest BCUT2D eigenvalue weighted by Crippen LogP contribution is 2.41. The topological polar surface area (TPSA) is 42.9 Å². The molecule has 1 heterocycles. The first-order chi connectivity index (χ1) is 15.2. The predicted molar refractivity (Wildman–Crippen MR) is 132 cm³/mol. The molecule has 0 aliphatic carbocycles. The van der Waals surface area contributed by atoms with Gasteiger partial charge in [-0.05, 0) is 59.7 Å². The number of hydrogen-bond donors (Lipinski definition) is 1. The van der Waals surface area contributed by atoms with E-state index < -0.39 is 6.23 Å². The van der Waals surface area contributed by atoms with Crippen LogP contribution in [0.25, 0.3) is 11.1 Å².